The summed E-state index contributed by atoms with van der Waals surface area (Å²) < 4.78 is 53.8. The van der Waals surface area contributed by atoms with Crippen molar-refractivity contribution >= 4 is 5.91 Å². The normalized spacial score (nSPS) is 34.0. The summed E-state index contributed by atoms with van der Waals surface area (Å²) in [4.78, 5) is 15.2. The second-order valence-electron chi connectivity index (χ2n) is 10.3. The van der Waals surface area contributed by atoms with E-state index in [1.807, 2.05) is 0 Å². The minimum Gasteiger partial charge on any atom is -0.355 e. The fourth-order valence-corrected chi connectivity index (χ4v) is 7.08. The van der Waals surface area contributed by atoms with Crippen LogP contribution in [0.2, 0.25) is 0 Å². The number of amides is 1. The summed E-state index contributed by atoms with van der Waals surface area (Å²) in [5, 5.41) is 6.43. The third kappa shape index (κ3) is 3.45. The first kappa shape index (κ1) is 20.8. The molecule has 2 heterocycles. The SMILES string of the molecule is O=C(NC12CC3CC(CC(C3)C1)C2)C1=C2C=CC=CN2C(c2ccc(C(F)(F)F)cc2F)N1. The lowest BCUT2D eigenvalue weighted by Gasteiger charge is -2.56. The van der Waals surface area contributed by atoms with E-state index in [1.165, 1.54) is 19.3 Å². The number of nitrogens with zero attached hydrogens (tertiary/aromatic N) is 1. The molecule has 4 bridgehead atoms. The molecule has 4 nitrogen and oxygen atoms in total. The number of allylic oxidation sites excluding steroid dienone is 3. The van der Waals surface area contributed by atoms with Gasteiger partial charge in [0.25, 0.3) is 5.91 Å². The van der Waals surface area contributed by atoms with Gasteiger partial charge in [-0.2, -0.15) is 13.2 Å². The van der Waals surface area contributed by atoms with Gasteiger partial charge >= 0.3 is 6.18 Å². The van der Waals surface area contributed by atoms with E-state index in [4.69, 9.17) is 0 Å². The quantitative estimate of drug-likeness (QED) is 0.616. The molecule has 7 rings (SSSR count). The van der Waals surface area contributed by atoms with Crippen LogP contribution in [0.25, 0.3) is 0 Å². The van der Waals surface area contributed by atoms with Gasteiger partial charge in [-0.1, -0.05) is 12.1 Å². The summed E-state index contributed by atoms with van der Waals surface area (Å²) in [6.45, 7) is 0. The number of carbonyl (C=O) groups is 1. The highest BCUT2D eigenvalue weighted by Crippen LogP contribution is 2.55. The zero-order chi connectivity index (χ0) is 23.0. The zero-order valence-corrected chi connectivity index (χ0v) is 18.0. The lowest BCUT2D eigenvalue weighted by Crippen LogP contribution is -2.60. The van der Waals surface area contributed by atoms with Crippen molar-refractivity contribution < 1.29 is 22.4 Å². The molecule has 0 aromatic heterocycles. The van der Waals surface area contributed by atoms with Crippen LogP contribution in [0.1, 0.15) is 55.8 Å². The van der Waals surface area contributed by atoms with Crippen LogP contribution in [0.3, 0.4) is 0 Å². The molecule has 174 valence electrons. The maximum absolute atomic E-state index is 14.8. The van der Waals surface area contributed by atoms with Crippen molar-refractivity contribution in [2.24, 2.45) is 17.8 Å². The first-order valence-corrected chi connectivity index (χ1v) is 11.5. The number of carbonyl (C=O) groups excluding carboxylic acids is 1. The molecule has 1 aromatic rings. The van der Waals surface area contributed by atoms with Crippen LogP contribution in [0, 0.1) is 23.6 Å². The van der Waals surface area contributed by atoms with Gasteiger partial charge in [-0.3, -0.25) is 4.79 Å². The summed E-state index contributed by atoms with van der Waals surface area (Å²) in [6, 6.07) is 2.52. The van der Waals surface area contributed by atoms with E-state index >= 15 is 0 Å². The third-order valence-electron chi connectivity index (χ3n) is 7.97. The van der Waals surface area contributed by atoms with Gasteiger partial charge in [0.05, 0.1) is 11.3 Å². The summed E-state index contributed by atoms with van der Waals surface area (Å²) in [5.74, 6) is 0.829. The highest BCUT2D eigenvalue weighted by atomic mass is 19.4. The molecule has 4 aliphatic carbocycles. The van der Waals surface area contributed by atoms with Crippen molar-refractivity contribution in [1.29, 1.82) is 0 Å². The molecular weight excluding hydrogens is 434 g/mol. The van der Waals surface area contributed by atoms with E-state index in [1.54, 1.807) is 29.3 Å². The second kappa shape index (κ2) is 7.11. The number of fused-ring (bicyclic) bond motifs is 1. The first-order valence-electron chi connectivity index (χ1n) is 11.5. The molecule has 8 heteroatoms. The second-order valence-corrected chi connectivity index (χ2v) is 10.3. The van der Waals surface area contributed by atoms with Crippen molar-refractivity contribution in [2.75, 3.05) is 0 Å². The number of alkyl halides is 3. The third-order valence-corrected chi connectivity index (χ3v) is 7.97. The first-order chi connectivity index (χ1) is 15.7. The molecule has 1 unspecified atom stereocenters. The average molecular weight is 459 g/mol. The standard InChI is InChI=1S/C25H25F4N3O/c26-19-10-17(25(27,28)29)4-5-18(19)22-30-21(20-3-1-2-6-32(20)22)23(33)31-24-11-14-7-15(12-24)9-16(8-14)13-24/h1-6,10,14-16,22,30H,7-9,11-13H2,(H,31,33). The monoisotopic (exact) mass is 459 g/mol. The van der Waals surface area contributed by atoms with Crippen molar-refractivity contribution in [1.82, 2.24) is 15.5 Å². The van der Waals surface area contributed by atoms with Gasteiger partial charge in [-0.15, -0.1) is 0 Å². The number of hydrogen-bond acceptors (Lipinski definition) is 3. The van der Waals surface area contributed by atoms with Crippen molar-refractivity contribution in [2.45, 2.75) is 56.4 Å². The molecule has 0 saturated heterocycles. The van der Waals surface area contributed by atoms with Crippen LogP contribution in [0.15, 0.2) is 54.0 Å². The zero-order valence-electron chi connectivity index (χ0n) is 18.0. The predicted molar refractivity (Wildman–Crippen MR) is 113 cm³/mol. The van der Waals surface area contributed by atoms with Gasteiger partial charge in [0.15, 0.2) is 0 Å². The smallest absolute Gasteiger partial charge is 0.355 e. The largest absolute Gasteiger partial charge is 0.416 e. The van der Waals surface area contributed by atoms with E-state index in [2.05, 4.69) is 10.6 Å². The van der Waals surface area contributed by atoms with Crippen LogP contribution in [0.5, 0.6) is 0 Å². The lowest BCUT2D eigenvalue weighted by molar-refractivity contribution is -0.137. The number of halogens is 4. The molecule has 6 aliphatic rings. The van der Waals surface area contributed by atoms with Crippen molar-refractivity contribution in [3.63, 3.8) is 0 Å². The fourth-order valence-electron chi connectivity index (χ4n) is 7.08. The van der Waals surface area contributed by atoms with Gasteiger partial charge in [0.2, 0.25) is 0 Å². The van der Waals surface area contributed by atoms with E-state index in [9.17, 15) is 22.4 Å². The Balaban J connectivity index is 1.27. The average Bonchev–Trinajstić information content (AvgIpc) is 3.11. The molecule has 2 aliphatic heterocycles. The summed E-state index contributed by atoms with van der Waals surface area (Å²) in [7, 11) is 0. The molecular formula is C25H25F4N3O. The number of nitrogens with one attached hydrogen (secondary N) is 2. The maximum Gasteiger partial charge on any atom is 0.416 e. The van der Waals surface area contributed by atoms with Crippen LogP contribution in [-0.4, -0.2) is 16.3 Å². The van der Waals surface area contributed by atoms with Gasteiger partial charge in [0.1, 0.15) is 17.7 Å². The Morgan fingerprint density at radius 2 is 1.73 bits per heavy atom. The van der Waals surface area contributed by atoms with Crippen LogP contribution < -0.4 is 10.6 Å². The number of benzene rings is 1. The number of rotatable bonds is 3. The predicted octanol–water partition coefficient (Wildman–Crippen LogP) is 5.13. The molecule has 2 N–H and O–H groups in total. The van der Waals surface area contributed by atoms with Crippen molar-refractivity contribution in [3.8, 4) is 0 Å². The molecule has 33 heavy (non-hydrogen) atoms. The minimum atomic E-state index is -4.62. The van der Waals surface area contributed by atoms with Gasteiger partial charge in [0, 0.05) is 17.3 Å². The fraction of sp³-hybridized carbons (Fsp3) is 0.480. The molecule has 1 amide bonds. The van der Waals surface area contributed by atoms with Gasteiger partial charge in [-0.05, 0) is 80.6 Å². The van der Waals surface area contributed by atoms with Gasteiger partial charge in [-0.25, -0.2) is 4.39 Å². The highest BCUT2D eigenvalue weighted by molar-refractivity contribution is 5.95. The lowest BCUT2D eigenvalue weighted by atomic mass is 9.53. The Morgan fingerprint density at radius 1 is 1.06 bits per heavy atom. The summed E-state index contributed by atoms with van der Waals surface area (Å²) in [6.07, 6.45) is 8.38. The Bertz CT molecular complexity index is 1070. The van der Waals surface area contributed by atoms with E-state index in [0.29, 0.717) is 35.2 Å². The van der Waals surface area contributed by atoms with Gasteiger partial charge < -0.3 is 15.5 Å². The molecule has 4 saturated carbocycles. The van der Waals surface area contributed by atoms with E-state index in [-0.39, 0.29) is 17.0 Å². The minimum absolute atomic E-state index is 0.0538. The van der Waals surface area contributed by atoms with Crippen LogP contribution >= 0.6 is 0 Å². The Hall–Kier alpha value is -2.77. The Labute approximate surface area is 189 Å². The van der Waals surface area contributed by atoms with E-state index in [0.717, 1.165) is 31.4 Å². The summed E-state index contributed by atoms with van der Waals surface area (Å²) >= 11 is 0. The topological polar surface area (TPSA) is 44.4 Å². The van der Waals surface area contributed by atoms with Crippen LogP contribution in [-0.2, 0) is 11.0 Å². The van der Waals surface area contributed by atoms with E-state index < -0.39 is 23.7 Å². The number of hydrogen-bond donors (Lipinski definition) is 2. The maximum atomic E-state index is 14.8. The van der Waals surface area contributed by atoms with Crippen LogP contribution in [0.4, 0.5) is 17.6 Å². The van der Waals surface area contributed by atoms with Crippen molar-refractivity contribution in [3.05, 3.63) is 71.0 Å². The molecule has 0 spiro atoms. The Morgan fingerprint density at radius 3 is 2.33 bits per heavy atom. The molecule has 0 radical (unpaired) electrons. The Kier molecular flexibility index (Phi) is 4.48. The molecule has 1 atom stereocenters. The highest BCUT2D eigenvalue weighted by Gasteiger charge is 2.52. The summed E-state index contributed by atoms with van der Waals surface area (Å²) in [5.41, 5.74) is -0.251. The molecule has 1 aromatic carbocycles. The molecule has 4 fully saturated rings.